The predicted molar refractivity (Wildman–Crippen MR) is 197 cm³/mol. The largest absolute Gasteiger partial charge is 0.479 e. The normalized spacial score (nSPS) is 21.6. The lowest BCUT2D eigenvalue weighted by molar-refractivity contribution is -0.298. The maximum absolute atomic E-state index is 12.6. The van der Waals surface area contributed by atoms with Gasteiger partial charge in [-0.15, -0.1) is 0 Å². The Balaban J connectivity index is 2.45. The lowest BCUT2D eigenvalue weighted by Gasteiger charge is -2.38. The Morgan fingerprint density at radius 3 is 1.76 bits per heavy atom. The first-order chi connectivity index (χ1) is 24.7. The van der Waals surface area contributed by atoms with Crippen molar-refractivity contribution in [1.29, 1.82) is 0 Å². The molecule has 4 N–H and O–H groups in total. The van der Waals surface area contributed by atoms with Crippen molar-refractivity contribution >= 4 is 17.9 Å². The lowest BCUT2D eigenvalue weighted by Crippen LogP contribution is -2.60. The Labute approximate surface area is 305 Å². The number of carboxylic acids is 1. The summed E-state index contributed by atoms with van der Waals surface area (Å²) in [5, 5.41) is 39.6. The molecule has 0 aromatic rings. The fourth-order valence-electron chi connectivity index (χ4n) is 5.36. The van der Waals surface area contributed by atoms with Gasteiger partial charge in [-0.25, -0.2) is 4.79 Å². The average molecular weight is 723 g/mol. The first kappa shape index (κ1) is 46.2. The second-order valence-electron chi connectivity index (χ2n) is 13.0. The van der Waals surface area contributed by atoms with Crippen molar-refractivity contribution in [2.75, 3.05) is 13.2 Å². The molecule has 1 rings (SSSR count). The first-order valence-electron chi connectivity index (χ1n) is 19.2. The van der Waals surface area contributed by atoms with Crippen molar-refractivity contribution in [3.8, 4) is 0 Å². The van der Waals surface area contributed by atoms with E-state index in [4.69, 9.17) is 18.9 Å². The number of rotatable bonds is 30. The topological polar surface area (TPSA) is 169 Å². The summed E-state index contributed by atoms with van der Waals surface area (Å²) < 4.78 is 21.6. The van der Waals surface area contributed by atoms with Gasteiger partial charge in [0.25, 0.3) is 0 Å². The number of aliphatic hydroxyl groups is 3. The van der Waals surface area contributed by atoms with Gasteiger partial charge in [-0.1, -0.05) is 107 Å². The van der Waals surface area contributed by atoms with Gasteiger partial charge >= 0.3 is 17.9 Å². The van der Waals surface area contributed by atoms with Crippen molar-refractivity contribution in [1.82, 2.24) is 0 Å². The Kier molecular flexibility index (Phi) is 27.9. The van der Waals surface area contributed by atoms with E-state index in [9.17, 15) is 34.8 Å². The summed E-state index contributed by atoms with van der Waals surface area (Å²) in [5.74, 6) is -2.49. The van der Waals surface area contributed by atoms with Gasteiger partial charge < -0.3 is 39.4 Å². The van der Waals surface area contributed by atoms with Crippen LogP contribution in [0.3, 0.4) is 0 Å². The van der Waals surface area contributed by atoms with Crippen molar-refractivity contribution in [2.45, 2.75) is 173 Å². The van der Waals surface area contributed by atoms with Crippen LogP contribution in [0.1, 0.15) is 136 Å². The van der Waals surface area contributed by atoms with Crippen LogP contribution in [0.2, 0.25) is 0 Å². The average Bonchev–Trinajstić information content (AvgIpc) is 3.11. The van der Waals surface area contributed by atoms with E-state index >= 15 is 0 Å². The summed E-state index contributed by atoms with van der Waals surface area (Å²) in [4.78, 5) is 36.6. The van der Waals surface area contributed by atoms with Crippen LogP contribution in [0.25, 0.3) is 0 Å². The highest BCUT2D eigenvalue weighted by molar-refractivity contribution is 5.73. The summed E-state index contributed by atoms with van der Waals surface area (Å²) in [6.07, 6.45) is 24.7. The molecule has 51 heavy (non-hydrogen) atoms. The second kappa shape index (κ2) is 30.8. The zero-order chi connectivity index (χ0) is 37.5. The molecule has 292 valence electrons. The van der Waals surface area contributed by atoms with Crippen LogP contribution in [0.5, 0.6) is 0 Å². The molecular weight excluding hydrogens is 656 g/mol. The zero-order valence-corrected chi connectivity index (χ0v) is 31.1. The van der Waals surface area contributed by atoms with Gasteiger partial charge in [0, 0.05) is 12.8 Å². The molecule has 1 fully saturated rings. The molecule has 1 aliphatic heterocycles. The zero-order valence-electron chi connectivity index (χ0n) is 31.1. The van der Waals surface area contributed by atoms with Crippen molar-refractivity contribution in [3.63, 3.8) is 0 Å². The van der Waals surface area contributed by atoms with Crippen LogP contribution in [-0.4, -0.2) is 88.4 Å². The molecule has 0 aliphatic carbocycles. The monoisotopic (exact) mass is 722 g/mol. The Morgan fingerprint density at radius 2 is 1.16 bits per heavy atom. The number of aliphatic carboxylic acids is 1. The van der Waals surface area contributed by atoms with Crippen LogP contribution < -0.4 is 0 Å². The lowest BCUT2D eigenvalue weighted by atomic mass is 9.99. The minimum atomic E-state index is -1.86. The van der Waals surface area contributed by atoms with Gasteiger partial charge in [0.15, 0.2) is 18.5 Å². The van der Waals surface area contributed by atoms with Gasteiger partial charge in [0.05, 0.1) is 6.61 Å². The fraction of sp³-hybridized carbons (Fsp3) is 0.725. The standard InChI is InChI=1S/C40H66O11/c1-3-5-7-9-11-13-15-16-17-18-19-21-22-24-26-28-33(41)48-30-32(31-49-40-37(45)35(43)36(44)38(51-40)39(46)47)50-34(42)29-27-25-23-20-14-12-10-8-6-4-2/h5,7-8,10-11,13,16-17,32,35-38,40,43-45H,3-4,6,9,12,14-15,18-31H2,1-2H3,(H,46,47)/b7-5-,10-8-,13-11-,17-16-. The summed E-state index contributed by atoms with van der Waals surface area (Å²) in [7, 11) is 0. The molecule has 0 saturated carbocycles. The van der Waals surface area contributed by atoms with E-state index in [-0.39, 0.29) is 19.4 Å². The van der Waals surface area contributed by atoms with Crippen molar-refractivity contribution in [2.24, 2.45) is 0 Å². The number of carboxylic acid groups (broad SMARTS) is 1. The molecule has 0 radical (unpaired) electrons. The summed E-state index contributed by atoms with van der Waals surface area (Å²) in [6.45, 7) is 3.58. The molecule has 0 bridgehead atoms. The third-order valence-corrected chi connectivity index (χ3v) is 8.39. The number of unbranched alkanes of at least 4 members (excludes halogenated alkanes) is 11. The highest BCUT2D eigenvalue weighted by Crippen LogP contribution is 2.23. The molecule has 11 heteroatoms. The number of carbonyl (C=O) groups excluding carboxylic acids is 2. The highest BCUT2D eigenvalue weighted by atomic mass is 16.7. The smallest absolute Gasteiger partial charge is 0.335 e. The molecule has 0 aromatic carbocycles. The quantitative estimate of drug-likeness (QED) is 0.0341. The third-order valence-electron chi connectivity index (χ3n) is 8.39. The molecule has 11 nitrogen and oxygen atoms in total. The first-order valence-corrected chi connectivity index (χ1v) is 19.2. The van der Waals surface area contributed by atoms with Crippen LogP contribution in [0.15, 0.2) is 48.6 Å². The molecule has 0 spiro atoms. The van der Waals surface area contributed by atoms with Gasteiger partial charge in [-0.3, -0.25) is 9.59 Å². The molecule has 0 amide bonds. The van der Waals surface area contributed by atoms with E-state index in [0.717, 1.165) is 96.3 Å². The molecule has 1 aliphatic rings. The fourth-order valence-corrected chi connectivity index (χ4v) is 5.36. The Morgan fingerprint density at radius 1 is 0.627 bits per heavy atom. The molecule has 1 heterocycles. The van der Waals surface area contributed by atoms with Gasteiger partial charge in [-0.05, 0) is 64.2 Å². The number of carbonyl (C=O) groups is 3. The number of aliphatic hydroxyl groups excluding tert-OH is 3. The van der Waals surface area contributed by atoms with Crippen molar-refractivity contribution < 1.29 is 53.8 Å². The number of hydrogen-bond donors (Lipinski definition) is 4. The highest BCUT2D eigenvalue weighted by Gasteiger charge is 2.47. The second-order valence-corrected chi connectivity index (χ2v) is 13.0. The van der Waals surface area contributed by atoms with E-state index in [0.29, 0.717) is 12.8 Å². The SMILES string of the molecule is CC/C=C\C/C=C\C/C=C\CCCCCCCC(=O)OCC(COC1OC(C(=O)O)C(O)C(O)C1O)OC(=O)CCCCCCC/C=C\CCC. The maximum atomic E-state index is 12.6. The van der Waals surface area contributed by atoms with Crippen molar-refractivity contribution in [3.05, 3.63) is 48.6 Å². The van der Waals surface area contributed by atoms with Crippen LogP contribution in [-0.2, 0) is 33.3 Å². The van der Waals surface area contributed by atoms with E-state index in [1.807, 2.05) is 0 Å². The minimum absolute atomic E-state index is 0.166. The van der Waals surface area contributed by atoms with Crippen LogP contribution >= 0.6 is 0 Å². The summed E-state index contributed by atoms with van der Waals surface area (Å²) in [5.41, 5.74) is 0. The van der Waals surface area contributed by atoms with Gasteiger partial charge in [-0.2, -0.15) is 0 Å². The van der Waals surface area contributed by atoms with E-state index < -0.39 is 61.3 Å². The predicted octanol–water partition coefficient (Wildman–Crippen LogP) is 7.03. The third kappa shape index (κ3) is 23.4. The van der Waals surface area contributed by atoms with Gasteiger partial charge in [0.1, 0.15) is 24.9 Å². The maximum Gasteiger partial charge on any atom is 0.335 e. The molecule has 6 atom stereocenters. The summed E-state index contributed by atoms with van der Waals surface area (Å²) >= 11 is 0. The molecule has 0 aromatic heterocycles. The molecule has 6 unspecified atom stereocenters. The van der Waals surface area contributed by atoms with Gasteiger partial charge in [0.2, 0.25) is 0 Å². The van der Waals surface area contributed by atoms with Crippen LogP contribution in [0, 0.1) is 0 Å². The molecule has 1 saturated heterocycles. The van der Waals surface area contributed by atoms with Crippen LogP contribution in [0.4, 0.5) is 0 Å². The Hall–Kier alpha value is -2.83. The van der Waals surface area contributed by atoms with E-state index in [1.165, 1.54) is 0 Å². The number of hydrogen-bond acceptors (Lipinski definition) is 10. The molecular formula is C40H66O11. The minimum Gasteiger partial charge on any atom is -0.479 e. The van der Waals surface area contributed by atoms with E-state index in [1.54, 1.807) is 0 Å². The summed E-state index contributed by atoms with van der Waals surface area (Å²) in [6, 6.07) is 0. The number of esters is 2. The number of allylic oxidation sites excluding steroid dienone is 8. The number of ether oxygens (including phenoxy) is 4. The Bertz CT molecular complexity index is 1040. The van der Waals surface area contributed by atoms with E-state index in [2.05, 4.69) is 62.5 Å².